The number of nitrogens with one attached hydrogen (secondary N) is 1. The standard InChI is InChI=1S/C14H18Cl2N2/c15-12-4-1-5-13(16)11(12)8-18-7-10-3-2-6-17-14(10)9-18/h1,4-5,10,14,17H,2-3,6-9H2. The van der Waals surface area contributed by atoms with Gasteiger partial charge in [-0.15, -0.1) is 0 Å². The molecule has 2 fully saturated rings. The van der Waals surface area contributed by atoms with Gasteiger partial charge in [0.25, 0.3) is 0 Å². The molecule has 2 aliphatic rings. The number of benzene rings is 1. The Bertz CT molecular complexity index is 402. The van der Waals surface area contributed by atoms with E-state index in [4.69, 9.17) is 23.2 Å². The van der Waals surface area contributed by atoms with Gasteiger partial charge in [0.15, 0.2) is 0 Å². The first kappa shape index (κ1) is 12.7. The third-order valence-corrected chi connectivity index (χ3v) is 4.83. The van der Waals surface area contributed by atoms with Crippen LogP contribution in [0.2, 0.25) is 10.0 Å². The van der Waals surface area contributed by atoms with Gasteiger partial charge in [0.1, 0.15) is 0 Å². The van der Waals surface area contributed by atoms with E-state index in [0.29, 0.717) is 6.04 Å². The van der Waals surface area contributed by atoms with Crippen molar-refractivity contribution in [2.45, 2.75) is 25.4 Å². The molecular weight excluding hydrogens is 267 g/mol. The quantitative estimate of drug-likeness (QED) is 0.898. The van der Waals surface area contributed by atoms with Crippen LogP contribution in [0.4, 0.5) is 0 Å². The molecular formula is C14H18Cl2N2. The lowest BCUT2D eigenvalue weighted by Crippen LogP contribution is -2.40. The molecule has 0 radical (unpaired) electrons. The van der Waals surface area contributed by atoms with Crippen LogP contribution >= 0.6 is 23.2 Å². The molecule has 2 aliphatic heterocycles. The van der Waals surface area contributed by atoms with Gasteiger partial charge in [0.05, 0.1) is 0 Å². The normalized spacial score (nSPS) is 28.3. The SMILES string of the molecule is Clc1cccc(Cl)c1CN1CC2CCCNC2C1. The lowest BCUT2D eigenvalue weighted by atomic mass is 9.94. The Balaban J connectivity index is 1.70. The van der Waals surface area contributed by atoms with Crippen LogP contribution in [0, 0.1) is 5.92 Å². The molecule has 0 bridgehead atoms. The van der Waals surface area contributed by atoms with Crippen molar-refractivity contribution in [3.05, 3.63) is 33.8 Å². The average Bonchev–Trinajstić information content (AvgIpc) is 2.76. The predicted octanol–water partition coefficient (Wildman–Crippen LogP) is 3.18. The summed E-state index contributed by atoms with van der Waals surface area (Å²) in [6.07, 6.45) is 2.66. The van der Waals surface area contributed by atoms with Gasteiger partial charge in [-0.05, 0) is 37.4 Å². The van der Waals surface area contributed by atoms with Gasteiger partial charge < -0.3 is 5.32 Å². The summed E-state index contributed by atoms with van der Waals surface area (Å²) in [6, 6.07) is 6.41. The zero-order chi connectivity index (χ0) is 12.5. The number of likely N-dealkylation sites (tertiary alicyclic amines) is 1. The van der Waals surface area contributed by atoms with Crippen molar-refractivity contribution in [1.82, 2.24) is 10.2 Å². The van der Waals surface area contributed by atoms with E-state index in [0.717, 1.165) is 34.6 Å². The maximum atomic E-state index is 6.23. The van der Waals surface area contributed by atoms with Crippen LogP contribution in [0.5, 0.6) is 0 Å². The van der Waals surface area contributed by atoms with Crippen molar-refractivity contribution in [1.29, 1.82) is 0 Å². The van der Waals surface area contributed by atoms with Crippen LogP contribution in [0.15, 0.2) is 18.2 Å². The summed E-state index contributed by atoms with van der Waals surface area (Å²) in [7, 11) is 0. The third kappa shape index (κ3) is 2.53. The van der Waals surface area contributed by atoms with E-state index < -0.39 is 0 Å². The Labute approximate surface area is 118 Å². The van der Waals surface area contributed by atoms with Crippen molar-refractivity contribution >= 4 is 23.2 Å². The molecule has 0 aliphatic carbocycles. The maximum Gasteiger partial charge on any atom is 0.0465 e. The number of rotatable bonds is 2. The van der Waals surface area contributed by atoms with Crippen molar-refractivity contribution in [2.75, 3.05) is 19.6 Å². The minimum atomic E-state index is 0.667. The molecule has 0 aromatic heterocycles. The molecule has 2 unspecified atom stereocenters. The van der Waals surface area contributed by atoms with E-state index in [1.807, 2.05) is 18.2 Å². The molecule has 0 amide bonds. The molecule has 1 N–H and O–H groups in total. The largest absolute Gasteiger partial charge is 0.312 e. The number of nitrogens with zero attached hydrogens (tertiary/aromatic N) is 1. The average molecular weight is 285 g/mol. The fourth-order valence-electron chi connectivity index (χ4n) is 3.17. The van der Waals surface area contributed by atoms with Gasteiger partial charge in [-0.25, -0.2) is 0 Å². The number of hydrogen-bond acceptors (Lipinski definition) is 2. The number of fused-ring (bicyclic) bond motifs is 1. The van der Waals surface area contributed by atoms with Crippen LogP contribution in [-0.2, 0) is 6.54 Å². The topological polar surface area (TPSA) is 15.3 Å². The van der Waals surface area contributed by atoms with Crippen LogP contribution < -0.4 is 5.32 Å². The van der Waals surface area contributed by atoms with Gasteiger partial charge in [-0.2, -0.15) is 0 Å². The summed E-state index contributed by atoms with van der Waals surface area (Å²) in [5, 5.41) is 5.18. The van der Waals surface area contributed by atoms with E-state index in [1.54, 1.807) is 0 Å². The van der Waals surface area contributed by atoms with Crippen molar-refractivity contribution in [3.8, 4) is 0 Å². The lowest BCUT2D eigenvalue weighted by Gasteiger charge is -2.24. The second kappa shape index (κ2) is 5.38. The second-order valence-electron chi connectivity index (χ2n) is 5.36. The molecule has 1 aromatic rings. The molecule has 2 saturated heterocycles. The molecule has 4 heteroatoms. The highest BCUT2D eigenvalue weighted by Crippen LogP contribution is 2.30. The molecule has 98 valence electrons. The van der Waals surface area contributed by atoms with Crippen LogP contribution in [0.1, 0.15) is 18.4 Å². The van der Waals surface area contributed by atoms with Crippen molar-refractivity contribution < 1.29 is 0 Å². The van der Waals surface area contributed by atoms with E-state index in [2.05, 4.69) is 10.2 Å². The highest BCUT2D eigenvalue weighted by atomic mass is 35.5. The Morgan fingerprint density at radius 3 is 2.72 bits per heavy atom. The van der Waals surface area contributed by atoms with E-state index >= 15 is 0 Å². The van der Waals surface area contributed by atoms with E-state index in [9.17, 15) is 0 Å². The Morgan fingerprint density at radius 1 is 1.22 bits per heavy atom. The Morgan fingerprint density at radius 2 is 2.00 bits per heavy atom. The van der Waals surface area contributed by atoms with Gasteiger partial charge >= 0.3 is 0 Å². The second-order valence-corrected chi connectivity index (χ2v) is 6.17. The molecule has 1 aromatic carbocycles. The van der Waals surface area contributed by atoms with E-state index in [1.165, 1.54) is 25.9 Å². The first-order valence-corrected chi connectivity index (χ1v) is 7.38. The Kier molecular flexibility index (Phi) is 3.81. The van der Waals surface area contributed by atoms with Gasteiger partial charge in [-0.3, -0.25) is 4.90 Å². The van der Waals surface area contributed by atoms with Crippen molar-refractivity contribution in [3.63, 3.8) is 0 Å². The van der Waals surface area contributed by atoms with Crippen LogP contribution in [0.3, 0.4) is 0 Å². The highest BCUT2D eigenvalue weighted by Gasteiger charge is 2.34. The zero-order valence-electron chi connectivity index (χ0n) is 10.3. The molecule has 3 rings (SSSR count). The third-order valence-electron chi connectivity index (χ3n) is 4.12. The van der Waals surface area contributed by atoms with E-state index in [-0.39, 0.29) is 0 Å². The van der Waals surface area contributed by atoms with Gasteiger partial charge in [-0.1, -0.05) is 29.3 Å². The highest BCUT2D eigenvalue weighted by molar-refractivity contribution is 6.35. The van der Waals surface area contributed by atoms with Gasteiger partial charge in [0, 0.05) is 41.3 Å². The molecule has 0 saturated carbocycles. The molecule has 2 heterocycles. The molecule has 2 nitrogen and oxygen atoms in total. The summed E-state index contributed by atoms with van der Waals surface area (Å²) in [4.78, 5) is 2.47. The zero-order valence-corrected chi connectivity index (χ0v) is 11.8. The predicted molar refractivity (Wildman–Crippen MR) is 76.3 cm³/mol. The number of piperidine rings is 1. The summed E-state index contributed by atoms with van der Waals surface area (Å²) >= 11 is 12.5. The monoisotopic (exact) mass is 284 g/mol. The summed E-state index contributed by atoms with van der Waals surface area (Å²) in [5.74, 6) is 0.806. The first-order valence-electron chi connectivity index (χ1n) is 6.62. The Hall–Kier alpha value is -0.280. The van der Waals surface area contributed by atoms with Gasteiger partial charge in [0.2, 0.25) is 0 Å². The fraction of sp³-hybridized carbons (Fsp3) is 0.571. The van der Waals surface area contributed by atoms with Crippen molar-refractivity contribution in [2.24, 2.45) is 5.92 Å². The molecule has 18 heavy (non-hydrogen) atoms. The minimum Gasteiger partial charge on any atom is -0.312 e. The fourth-order valence-corrected chi connectivity index (χ4v) is 3.69. The van der Waals surface area contributed by atoms with Crippen LogP contribution in [-0.4, -0.2) is 30.6 Å². The van der Waals surface area contributed by atoms with Crippen LogP contribution in [0.25, 0.3) is 0 Å². The summed E-state index contributed by atoms with van der Waals surface area (Å²) in [5.41, 5.74) is 1.07. The number of hydrogen-bond donors (Lipinski definition) is 1. The molecule has 0 spiro atoms. The maximum absolute atomic E-state index is 6.23. The minimum absolute atomic E-state index is 0.667. The smallest absolute Gasteiger partial charge is 0.0465 e. The summed E-state index contributed by atoms with van der Waals surface area (Å²) < 4.78 is 0. The number of halogens is 2. The summed E-state index contributed by atoms with van der Waals surface area (Å²) in [6.45, 7) is 4.32. The first-order chi connectivity index (χ1) is 8.74. The lowest BCUT2D eigenvalue weighted by molar-refractivity contribution is 0.313. The molecule has 2 atom stereocenters.